The molecule has 0 aliphatic carbocycles. The highest BCUT2D eigenvalue weighted by molar-refractivity contribution is 5.67. The van der Waals surface area contributed by atoms with Gasteiger partial charge in [0.25, 0.3) is 0 Å². The molecule has 5 heteroatoms. The molecular formula is C11H23FN2O2. The van der Waals surface area contributed by atoms with E-state index in [9.17, 15) is 9.18 Å². The SMILES string of the molecule is CCNC[C@H](F)CN(C)C(=O)OC(C)(C)C. The Morgan fingerprint density at radius 1 is 1.50 bits per heavy atom. The van der Waals surface area contributed by atoms with Gasteiger partial charge in [-0.15, -0.1) is 0 Å². The van der Waals surface area contributed by atoms with E-state index in [1.165, 1.54) is 11.9 Å². The van der Waals surface area contributed by atoms with Crippen LogP contribution >= 0.6 is 0 Å². The van der Waals surface area contributed by atoms with Crippen molar-refractivity contribution in [2.45, 2.75) is 39.5 Å². The first-order valence-corrected chi connectivity index (χ1v) is 5.55. The summed E-state index contributed by atoms with van der Waals surface area (Å²) in [5.41, 5.74) is -0.543. The van der Waals surface area contributed by atoms with Crippen LogP contribution in [0.5, 0.6) is 0 Å². The quantitative estimate of drug-likeness (QED) is 0.788. The van der Waals surface area contributed by atoms with Gasteiger partial charge in [-0.1, -0.05) is 6.92 Å². The molecule has 1 amide bonds. The van der Waals surface area contributed by atoms with Gasteiger partial charge < -0.3 is 15.0 Å². The van der Waals surface area contributed by atoms with Crippen LogP contribution in [0.3, 0.4) is 0 Å². The van der Waals surface area contributed by atoms with Crippen LogP contribution in [0.25, 0.3) is 0 Å². The molecule has 4 nitrogen and oxygen atoms in total. The van der Waals surface area contributed by atoms with Crippen LogP contribution in [0, 0.1) is 0 Å². The summed E-state index contributed by atoms with van der Waals surface area (Å²) in [6.07, 6.45) is -1.57. The molecule has 0 bridgehead atoms. The number of halogens is 1. The van der Waals surface area contributed by atoms with Gasteiger partial charge in [0.1, 0.15) is 11.8 Å². The highest BCUT2D eigenvalue weighted by atomic mass is 19.1. The number of ether oxygens (including phenoxy) is 1. The van der Waals surface area contributed by atoms with Crippen molar-refractivity contribution in [1.82, 2.24) is 10.2 Å². The summed E-state index contributed by atoms with van der Waals surface area (Å²) >= 11 is 0. The maximum Gasteiger partial charge on any atom is 0.410 e. The largest absolute Gasteiger partial charge is 0.444 e. The summed E-state index contributed by atoms with van der Waals surface area (Å²) in [6.45, 7) is 8.27. The molecule has 0 aliphatic heterocycles. The Labute approximate surface area is 97.1 Å². The lowest BCUT2D eigenvalue weighted by molar-refractivity contribution is 0.0259. The van der Waals surface area contributed by atoms with E-state index in [1.807, 2.05) is 6.92 Å². The first kappa shape index (κ1) is 15.2. The molecule has 0 saturated heterocycles. The van der Waals surface area contributed by atoms with Crippen LogP contribution in [-0.2, 0) is 4.74 Å². The fraction of sp³-hybridized carbons (Fsp3) is 0.909. The predicted octanol–water partition coefficient (Wildman–Crippen LogP) is 1.80. The maximum absolute atomic E-state index is 13.3. The van der Waals surface area contributed by atoms with E-state index in [1.54, 1.807) is 20.8 Å². The molecule has 16 heavy (non-hydrogen) atoms. The molecule has 0 saturated carbocycles. The molecule has 0 heterocycles. The molecular weight excluding hydrogens is 211 g/mol. The fourth-order valence-corrected chi connectivity index (χ4v) is 1.08. The molecule has 0 aromatic carbocycles. The molecule has 1 N–H and O–H groups in total. The average Bonchev–Trinajstić information content (AvgIpc) is 2.11. The van der Waals surface area contributed by atoms with E-state index in [0.717, 1.165) is 6.54 Å². The lowest BCUT2D eigenvalue weighted by atomic mass is 10.2. The Morgan fingerprint density at radius 2 is 2.06 bits per heavy atom. The fourth-order valence-electron chi connectivity index (χ4n) is 1.08. The summed E-state index contributed by atoms with van der Waals surface area (Å²) in [4.78, 5) is 12.7. The predicted molar refractivity (Wildman–Crippen MR) is 62.3 cm³/mol. The highest BCUT2D eigenvalue weighted by Gasteiger charge is 2.21. The Bertz CT molecular complexity index is 217. The van der Waals surface area contributed by atoms with Crippen molar-refractivity contribution < 1.29 is 13.9 Å². The van der Waals surface area contributed by atoms with Gasteiger partial charge in [0, 0.05) is 13.6 Å². The second-order valence-electron chi connectivity index (χ2n) is 4.77. The average molecular weight is 234 g/mol. The van der Waals surface area contributed by atoms with Crippen LogP contribution in [0.1, 0.15) is 27.7 Å². The van der Waals surface area contributed by atoms with Crippen LogP contribution in [0.4, 0.5) is 9.18 Å². The van der Waals surface area contributed by atoms with Gasteiger partial charge in [-0.05, 0) is 27.3 Å². The van der Waals surface area contributed by atoms with E-state index in [2.05, 4.69) is 5.32 Å². The Morgan fingerprint density at radius 3 is 2.50 bits per heavy atom. The normalized spacial score (nSPS) is 13.4. The van der Waals surface area contributed by atoms with Gasteiger partial charge in [-0.25, -0.2) is 9.18 Å². The molecule has 0 spiro atoms. The summed E-state index contributed by atoms with van der Waals surface area (Å²) in [7, 11) is 1.53. The summed E-state index contributed by atoms with van der Waals surface area (Å²) in [5.74, 6) is 0. The van der Waals surface area contributed by atoms with Gasteiger partial charge in [0.05, 0.1) is 6.54 Å². The van der Waals surface area contributed by atoms with Crippen molar-refractivity contribution in [3.8, 4) is 0 Å². The minimum Gasteiger partial charge on any atom is -0.444 e. The van der Waals surface area contributed by atoms with E-state index in [0.29, 0.717) is 0 Å². The monoisotopic (exact) mass is 234 g/mol. The molecule has 1 atom stereocenters. The first-order valence-electron chi connectivity index (χ1n) is 5.55. The van der Waals surface area contributed by atoms with Crippen LogP contribution in [0.2, 0.25) is 0 Å². The zero-order valence-electron chi connectivity index (χ0n) is 10.8. The topological polar surface area (TPSA) is 41.6 Å². The van der Waals surface area contributed by atoms with E-state index in [4.69, 9.17) is 4.74 Å². The minimum atomic E-state index is -1.07. The number of alkyl halides is 1. The molecule has 0 rings (SSSR count). The second kappa shape index (κ2) is 6.68. The van der Waals surface area contributed by atoms with Gasteiger partial charge >= 0.3 is 6.09 Å². The van der Waals surface area contributed by atoms with Gasteiger partial charge in [0.2, 0.25) is 0 Å². The summed E-state index contributed by atoms with van der Waals surface area (Å²) in [6, 6.07) is 0. The van der Waals surface area contributed by atoms with Gasteiger partial charge in [-0.2, -0.15) is 0 Å². The third kappa shape index (κ3) is 7.45. The number of rotatable bonds is 5. The Balaban J connectivity index is 3.95. The molecule has 0 aliphatic rings. The lowest BCUT2D eigenvalue weighted by Crippen LogP contribution is -2.40. The van der Waals surface area contributed by atoms with Crippen molar-refractivity contribution >= 4 is 6.09 Å². The second-order valence-corrected chi connectivity index (χ2v) is 4.77. The third-order valence-corrected chi connectivity index (χ3v) is 1.79. The van der Waals surface area contributed by atoms with Crippen molar-refractivity contribution in [1.29, 1.82) is 0 Å². The third-order valence-electron chi connectivity index (χ3n) is 1.79. The number of amides is 1. The van der Waals surface area contributed by atoms with E-state index < -0.39 is 17.9 Å². The molecule has 0 unspecified atom stereocenters. The molecule has 0 aromatic rings. The van der Waals surface area contributed by atoms with E-state index in [-0.39, 0.29) is 13.1 Å². The van der Waals surface area contributed by atoms with Gasteiger partial charge in [0.15, 0.2) is 0 Å². The lowest BCUT2D eigenvalue weighted by Gasteiger charge is -2.25. The van der Waals surface area contributed by atoms with Crippen molar-refractivity contribution in [2.24, 2.45) is 0 Å². The number of carbonyl (C=O) groups is 1. The minimum absolute atomic E-state index is 0.0436. The number of nitrogens with zero attached hydrogens (tertiary/aromatic N) is 1. The Hall–Kier alpha value is -0.840. The smallest absolute Gasteiger partial charge is 0.410 e. The zero-order valence-corrected chi connectivity index (χ0v) is 10.8. The molecule has 96 valence electrons. The number of hydrogen-bond donors (Lipinski definition) is 1. The molecule has 0 aromatic heterocycles. The molecule has 0 fully saturated rings. The number of nitrogens with one attached hydrogen (secondary N) is 1. The van der Waals surface area contributed by atoms with Crippen molar-refractivity contribution in [3.63, 3.8) is 0 Å². The number of hydrogen-bond acceptors (Lipinski definition) is 3. The van der Waals surface area contributed by atoms with Crippen LogP contribution < -0.4 is 5.32 Å². The first-order chi connectivity index (χ1) is 7.26. The summed E-state index contributed by atoms with van der Waals surface area (Å²) in [5, 5.41) is 2.89. The standard InChI is InChI=1S/C11H23FN2O2/c1-6-13-7-9(12)8-14(5)10(15)16-11(2,3)4/h9,13H,6-8H2,1-5H3/t9-/m0/s1. The summed E-state index contributed by atoms with van der Waals surface area (Å²) < 4.78 is 18.4. The molecule has 0 radical (unpaired) electrons. The Kier molecular flexibility index (Phi) is 6.33. The van der Waals surface area contributed by atoms with Gasteiger partial charge in [-0.3, -0.25) is 0 Å². The number of carbonyl (C=O) groups excluding carboxylic acids is 1. The van der Waals surface area contributed by atoms with Crippen LogP contribution in [-0.4, -0.2) is 49.4 Å². The van der Waals surface area contributed by atoms with Crippen molar-refractivity contribution in [3.05, 3.63) is 0 Å². The van der Waals surface area contributed by atoms with Crippen molar-refractivity contribution in [2.75, 3.05) is 26.7 Å². The van der Waals surface area contributed by atoms with Crippen LogP contribution in [0.15, 0.2) is 0 Å². The highest BCUT2D eigenvalue weighted by Crippen LogP contribution is 2.09. The zero-order chi connectivity index (χ0) is 12.8. The maximum atomic E-state index is 13.3. The van der Waals surface area contributed by atoms with E-state index >= 15 is 0 Å².